The smallest absolute Gasteiger partial charge is 0.147 e. The molecular formula is C11H17N3O. The van der Waals surface area contributed by atoms with Gasteiger partial charge < -0.3 is 10.0 Å². The van der Waals surface area contributed by atoms with Gasteiger partial charge >= 0.3 is 0 Å². The van der Waals surface area contributed by atoms with Gasteiger partial charge in [0.2, 0.25) is 0 Å². The minimum Gasteiger partial charge on any atom is -0.395 e. The van der Waals surface area contributed by atoms with Crippen LogP contribution in [0.4, 0.5) is 5.82 Å². The summed E-state index contributed by atoms with van der Waals surface area (Å²) in [4.78, 5) is 10.6. The molecule has 0 radical (unpaired) electrons. The van der Waals surface area contributed by atoms with Gasteiger partial charge in [0, 0.05) is 13.1 Å². The highest BCUT2D eigenvalue weighted by atomic mass is 16.3. The minimum atomic E-state index is 0.0996. The molecule has 0 aliphatic rings. The molecule has 0 atom stereocenters. The average Bonchev–Trinajstić information content (AvgIpc) is 2.22. The lowest BCUT2D eigenvalue weighted by molar-refractivity contribution is 0.302. The van der Waals surface area contributed by atoms with Crippen LogP contribution in [0.2, 0.25) is 0 Å². The Labute approximate surface area is 90.3 Å². The first-order chi connectivity index (χ1) is 7.19. The van der Waals surface area contributed by atoms with Gasteiger partial charge in [0.15, 0.2) is 0 Å². The Morgan fingerprint density at radius 1 is 1.47 bits per heavy atom. The van der Waals surface area contributed by atoms with E-state index in [-0.39, 0.29) is 6.61 Å². The third-order valence-corrected chi connectivity index (χ3v) is 2.22. The molecule has 0 spiro atoms. The number of aliphatic hydroxyl groups excluding tert-OH is 1. The summed E-state index contributed by atoms with van der Waals surface area (Å²) < 4.78 is 0. The molecule has 0 aliphatic heterocycles. The van der Waals surface area contributed by atoms with Crippen molar-refractivity contribution >= 4 is 5.82 Å². The number of rotatable bonds is 5. The maximum absolute atomic E-state index is 8.92. The van der Waals surface area contributed by atoms with Crippen molar-refractivity contribution in [3.8, 4) is 0 Å². The van der Waals surface area contributed by atoms with Gasteiger partial charge in [-0.3, -0.25) is 4.98 Å². The Balaban J connectivity index is 2.89. The van der Waals surface area contributed by atoms with E-state index in [4.69, 9.17) is 5.11 Å². The predicted octanol–water partition coefficient (Wildman–Crippen LogP) is 1.08. The fourth-order valence-corrected chi connectivity index (χ4v) is 1.26. The molecule has 1 aromatic rings. The monoisotopic (exact) mass is 207 g/mol. The van der Waals surface area contributed by atoms with E-state index in [2.05, 4.69) is 16.5 Å². The maximum Gasteiger partial charge on any atom is 0.147 e. The van der Waals surface area contributed by atoms with E-state index in [0.717, 1.165) is 17.2 Å². The molecule has 15 heavy (non-hydrogen) atoms. The molecule has 1 rings (SSSR count). The van der Waals surface area contributed by atoms with Crippen LogP contribution in [-0.4, -0.2) is 34.8 Å². The lowest BCUT2D eigenvalue weighted by Gasteiger charge is -2.21. The highest BCUT2D eigenvalue weighted by molar-refractivity contribution is 5.38. The number of aryl methyl sites for hydroxylation is 2. The summed E-state index contributed by atoms with van der Waals surface area (Å²) in [7, 11) is 0. The quantitative estimate of drug-likeness (QED) is 0.734. The van der Waals surface area contributed by atoms with Crippen LogP contribution in [0.3, 0.4) is 0 Å². The molecular weight excluding hydrogens is 190 g/mol. The van der Waals surface area contributed by atoms with Crippen LogP contribution < -0.4 is 4.90 Å². The molecule has 0 saturated heterocycles. The number of aliphatic hydroxyl groups is 1. The lowest BCUT2D eigenvalue weighted by atomic mass is 10.3. The molecule has 1 N–H and O–H groups in total. The summed E-state index contributed by atoms with van der Waals surface area (Å²) in [6.07, 6.45) is 3.51. The zero-order valence-corrected chi connectivity index (χ0v) is 9.27. The van der Waals surface area contributed by atoms with Crippen LogP contribution in [0.1, 0.15) is 11.4 Å². The summed E-state index contributed by atoms with van der Waals surface area (Å²) in [5, 5.41) is 8.92. The number of aromatic nitrogens is 2. The van der Waals surface area contributed by atoms with Crippen molar-refractivity contribution in [3.05, 3.63) is 30.2 Å². The molecule has 0 bridgehead atoms. The van der Waals surface area contributed by atoms with Crippen LogP contribution in [0.15, 0.2) is 18.9 Å². The van der Waals surface area contributed by atoms with Gasteiger partial charge in [-0.15, -0.1) is 6.58 Å². The van der Waals surface area contributed by atoms with Crippen LogP contribution in [0.25, 0.3) is 0 Å². The summed E-state index contributed by atoms with van der Waals surface area (Å²) in [6.45, 7) is 8.84. The first-order valence-electron chi connectivity index (χ1n) is 4.96. The standard InChI is InChI=1S/C11H17N3O/c1-4-5-14(6-7-15)11-8-12-9(2)10(3)13-11/h4,8,15H,1,5-7H2,2-3H3. The topological polar surface area (TPSA) is 49.2 Å². The summed E-state index contributed by atoms with van der Waals surface area (Å²) in [5.74, 6) is 0.784. The van der Waals surface area contributed by atoms with E-state index in [1.54, 1.807) is 12.3 Å². The number of hydrogen-bond acceptors (Lipinski definition) is 4. The SMILES string of the molecule is C=CCN(CCO)c1cnc(C)c(C)n1. The van der Waals surface area contributed by atoms with Crippen molar-refractivity contribution in [3.63, 3.8) is 0 Å². The third-order valence-electron chi connectivity index (χ3n) is 2.22. The Bertz CT molecular complexity index is 339. The van der Waals surface area contributed by atoms with Gasteiger partial charge in [-0.25, -0.2) is 4.98 Å². The second-order valence-electron chi connectivity index (χ2n) is 3.36. The highest BCUT2D eigenvalue weighted by Crippen LogP contribution is 2.11. The van der Waals surface area contributed by atoms with E-state index in [0.29, 0.717) is 13.1 Å². The Morgan fingerprint density at radius 3 is 2.73 bits per heavy atom. The first-order valence-corrected chi connectivity index (χ1v) is 4.96. The largest absolute Gasteiger partial charge is 0.395 e. The number of hydrogen-bond donors (Lipinski definition) is 1. The minimum absolute atomic E-state index is 0.0996. The molecule has 0 unspecified atom stereocenters. The van der Waals surface area contributed by atoms with Crippen LogP contribution in [0.5, 0.6) is 0 Å². The van der Waals surface area contributed by atoms with Gasteiger partial charge in [-0.05, 0) is 13.8 Å². The van der Waals surface area contributed by atoms with Crippen molar-refractivity contribution in [1.82, 2.24) is 9.97 Å². The Kier molecular flexibility index (Phi) is 4.24. The van der Waals surface area contributed by atoms with E-state index in [1.165, 1.54) is 0 Å². The van der Waals surface area contributed by atoms with Crippen molar-refractivity contribution < 1.29 is 5.11 Å². The van der Waals surface area contributed by atoms with E-state index in [9.17, 15) is 0 Å². The molecule has 4 heteroatoms. The summed E-state index contributed by atoms with van der Waals surface area (Å²) in [5.41, 5.74) is 1.85. The van der Waals surface area contributed by atoms with Gasteiger partial charge in [-0.1, -0.05) is 6.08 Å². The predicted molar refractivity (Wildman–Crippen MR) is 61.0 cm³/mol. The molecule has 4 nitrogen and oxygen atoms in total. The van der Waals surface area contributed by atoms with Crippen LogP contribution in [0, 0.1) is 13.8 Å². The third kappa shape index (κ3) is 3.02. The Hall–Kier alpha value is -1.42. The van der Waals surface area contributed by atoms with E-state index >= 15 is 0 Å². The van der Waals surface area contributed by atoms with Crippen LogP contribution >= 0.6 is 0 Å². The van der Waals surface area contributed by atoms with Crippen molar-refractivity contribution in [2.45, 2.75) is 13.8 Å². The zero-order chi connectivity index (χ0) is 11.3. The molecule has 82 valence electrons. The molecule has 1 heterocycles. The fraction of sp³-hybridized carbons (Fsp3) is 0.455. The molecule has 0 amide bonds. The van der Waals surface area contributed by atoms with E-state index in [1.807, 2.05) is 18.7 Å². The summed E-state index contributed by atoms with van der Waals surface area (Å²) >= 11 is 0. The molecule has 0 aromatic carbocycles. The normalized spacial score (nSPS) is 10.1. The number of nitrogens with zero attached hydrogens (tertiary/aromatic N) is 3. The second kappa shape index (κ2) is 5.46. The first kappa shape index (κ1) is 11.7. The highest BCUT2D eigenvalue weighted by Gasteiger charge is 2.07. The van der Waals surface area contributed by atoms with Crippen molar-refractivity contribution in [2.75, 3.05) is 24.6 Å². The van der Waals surface area contributed by atoms with Gasteiger partial charge in [0.05, 0.1) is 24.2 Å². The molecule has 0 saturated carbocycles. The summed E-state index contributed by atoms with van der Waals surface area (Å²) in [6, 6.07) is 0. The lowest BCUT2D eigenvalue weighted by Crippen LogP contribution is -2.28. The Morgan fingerprint density at radius 2 is 2.20 bits per heavy atom. The van der Waals surface area contributed by atoms with Gasteiger partial charge in [0.25, 0.3) is 0 Å². The fourth-order valence-electron chi connectivity index (χ4n) is 1.26. The molecule has 0 fully saturated rings. The van der Waals surface area contributed by atoms with Crippen LogP contribution in [-0.2, 0) is 0 Å². The van der Waals surface area contributed by atoms with Gasteiger partial charge in [0.1, 0.15) is 5.82 Å². The van der Waals surface area contributed by atoms with E-state index < -0.39 is 0 Å². The molecule has 0 aliphatic carbocycles. The molecule has 1 aromatic heterocycles. The van der Waals surface area contributed by atoms with Crippen molar-refractivity contribution in [1.29, 1.82) is 0 Å². The van der Waals surface area contributed by atoms with Gasteiger partial charge in [-0.2, -0.15) is 0 Å². The average molecular weight is 207 g/mol. The zero-order valence-electron chi connectivity index (χ0n) is 9.27. The second-order valence-corrected chi connectivity index (χ2v) is 3.36. The van der Waals surface area contributed by atoms with Crippen molar-refractivity contribution in [2.24, 2.45) is 0 Å². The number of anilines is 1. The maximum atomic E-state index is 8.92.